The van der Waals surface area contributed by atoms with E-state index in [-0.39, 0.29) is 17.4 Å². The molecule has 1 aromatic heterocycles. The smallest absolute Gasteiger partial charge is 0.339 e. The van der Waals surface area contributed by atoms with Crippen molar-refractivity contribution in [2.75, 3.05) is 0 Å². The molecule has 1 aromatic carbocycles. The number of benzene rings is 1. The first kappa shape index (κ1) is 15.2. The molecule has 1 fully saturated rings. The molecule has 0 bridgehead atoms. The van der Waals surface area contributed by atoms with Crippen molar-refractivity contribution in [1.29, 1.82) is 0 Å². The molecule has 0 atom stereocenters. The largest absolute Gasteiger partial charge is 0.502 e. The lowest BCUT2D eigenvalue weighted by Gasteiger charge is -2.20. The molecular weight excluding hydrogens is 300 g/mol. The number of phenolic OH excluding ortho intramolecular Hbond substituents is 1. The molecule has 1 aliphatic rings. The number of aromatic nitrogens is 1. The lowest BCUT2D eigenvalue weighted by molar-refractivity contribution is -0.385. The van der Waals surface area contributed by atoms with Gasteiger partial charge >= 0.3 is 11.3 Å². The molecule has 0 aliphatic heterocycles. The molecule has 7 nitrogen and oxygen atoms in total. The average Bonchev–Trinajstić information content (AvgIpc) is 2.55. The van der Waals surface area contributed by atoms with Gasteiger partial charge in [0, 0.05) is 18.1 Å². The molecule has 1 heterocycles. The number of nitro groups is 1. The van der Waals surface area contributed by atoms with Gasteiger partial charge in [0.1, 0.15) is 0 Å². The van der Waals surface area contributed by atoms with Gasteiger partial charge in [0.25, 0.3) is 0 Å². The van der Waals surface area contributed by atoms with Gasteiger partial charge < -0.3 is 9.52 Å². The summed E-state index contributed by atoms with van der Waals surface area (Å²) in [7, 11) is 0. The lowest BCUT2D eigenvalue weighted by Crippen LogP contribution is -2.11. The Morgan fingerprint density at radius 3 is 2.70 bits per heavy atom. The predicted octanol–water partition coefficient (Wildman–Crippen LogP) is 3.36. The number of phenols is 1. The topological polar surface area (TPSA) is 106 Å². The van der Waals surface area contributed by atoms with Gasteiger partial charge in [-0.05, 0) is 18.9 Å². The highest BCUT2D eigenvalue weighted by molar-refractivity contribution is 5.69. The second-order valence-electron chi connectivity index (χ2n) is 5.67. The van der Waals surface area contributed by atoms with Crippen LogP contribution in [0.2, 0.25) is 0 Å². The third-order valence-corrected chi connectivity index (χ3v) is 4.16. The van der Waals surface area contributed by atoms with Crippen LogP contribution in [0.1, 0.15) is 43.7 Å². The number of nitro benzene ring substituents is 1. The summed E-state index contributed by atoms with van der Waals surface area (Å²) in [4.78, 5) is 26.4. The fourth-order valence-corrected chi connectivity index (χ4v) is 2.99. The Balaban J connectivity index is 2.07. The van der Waals surface area contributed by atoms with E-state index in [2.05, 4.69) is 4.98 Å². The van der Waals surface area contributed by atoms with Gasteiger partial charge in [0.2, 0.25) is 11.6 Å². The summed E-state index contributed by atoms with van der Waals surface area (Å²) < 4.78 is 5.06. The monoisotopic (exact) mass is 316 g/mol. The summed E-state index contributed by atoms with van der Waals surface area (Å²) >= 11 is 0. The SMILES string of the molecule is O=c1cc(C2CCCCC2)nc(-c2cccc([N+](=O)[O-])c2O)o1. The fourth-order valence-electron chi connectivity index (χ4n) is 2.99. The van der Waals surface area contributed by atoms with Crippen LogP contribution >= 0.6 is 0 Å². The maximum absolute atomic E-state index is 11.8. The van der Waals surface area contributed by atoms with Gasteiger partial charge in [-0.2, -0.15) is 0 Å². The van der Waals surface area contributed by atoms with Crippen LogP contribution in [-0.2, 0) is 0 Å². The molecule has 0 unspecified atom stereocenters. The highest BCUT2D eigenvalue weighted by atomic mass is 16.6. The van der Waals surface area contributed by atoms with Crippen LogP contribution in [0.15, 0.2) is 33.5 Å². The summed E-state index contributed by atoms with van der Waals surface area (Å²) in [5, 5.41) is 21.0. The summed E-state index contributed by atoms with van der Waals surface area (Å²) in [6, 6.07) is 5.41. The van der Waals surface area contributed by atoms with Gasteiger partial charge in [-0.25, -0.2) is 9.78 Å². The number of rotatable bonds is 3. The van der Waals surface area contributed by atoms with E-state index in [1.165, 1.54) is 30.7 Å². The van der Waals surface area contributed by atoms with Crippen molar-refractivity contribution in [3.05, 3.63) is 50.5 Å². The molecule has 1 aliphatic carbocycles. The first-order chi connectivity index (χ1) is 11.1. The minimum absolute atomic E-state index is 0.0500. The number of aromatic hydroxyl groups is 1. The highest BCUT2D eigenvalue weighted by Crippen LogP contribution is 2.37. The Morgan fingerprint density at radius 2 is 2.00 bits per heavy atom. The van der Waals surface area contributed by atoms with Crippen LogP contribution < -0.4 is 5.63 Å². The van der Waals surface area contributed by atoms with Gasteiger partial charge in [0.05, 0.1) is 16.2 Å². The molecule has 0 radical (unpaired) electrons. The Bertz CT molecular complexity index is 793. The quantitative estimate of drug-likeness (QED) is 0.687. The first-order valence-corrected chi connectivity index (χ1v) is 7.55. The van der Waals surface area contributed by atoms with E-state index in [0.29, 0.717) is 5.69 Å². The molecule has 0 spiro atoms. The standard InChI is InChI=1S/C16H16N2O5/c19-14-9-12(10-5-2-1-3-6-10)17-16(23-14)11-7-4-8-13(15(11)20)18(21)22/h4,7-10,20H,1-3,5-6H2. The van der Waals surface area contributed by atoms with Crippen molar-refractivity contribution in [2.45, 2.75) is 38.0 Å². The highest BCUT2D eigenvalue weighted by Gasteiger charge is 2.23. The number of para-hydroxylation sites is 1. The van der Waals surface area contributed by atoms with Crippen molar-refractivity contribution >= 4 is 5.69 Å². The van der Waals surface area contributed by atoms with E-state index in [1.807, 2.05) is 0 Å². The molecule has 3 rings (SSSR count). The molecule has 0 amide bonds. The second kappa shape index (κ2) is 6.20. The molecular formula is C16H16N2O5. The molecule has 120 valence electrons. The zero-order valence-corrected chi connectivity index (χ0v) is 12.4. The Labute approximate surface area is 131 Å². The fraction of sp³-hybridized carbons (Fsp3) is 0.375. The maximum atomic E-state index is 11.8. The second-order valence-corrected chi connectivity index (χ2v) is 5.67. The average molecular weight is 316 g/mol. The van der Waals surface area contributed by atoms with Crippen molar-refractivity contribution in [3.63, 3.8) is 0 Å². The normalized spacial score (nSPS) is 15.5. The van der Waals surface area contributed by atoms with Gasteiger partial charge in [-0.1, -0.05) is 25.3 Å². The van der Waals surface area contributed by atoms with E-state index in [0.717, 1.165) is 25.7 Å². The minimum atomic E-state index is -0.693. The van der Waals surface area contributed by atoms with E-state index in [9.17, 15) is 20.0 Å². The molecule has 0 saturated heterocycles. The molecule has 23 heavy (non-hydrogen) atoms. The van der Waals surface area contributed by atoms with Crippen molar-refractivity contribution in [2.24, 2.45) is 0 Å². The summed E-state index contributed by atoms with van der Waals surface area (Å²) in [6.45, 7) is 0. The van der Waals surface area contributed by atoms with E-state index in [1.54, 1.807) is 0 Å². The van der Waals surface area contributed by atoms with Crippen molar-refractivity contribution in [1.82, 2.24) is 4.98 Å². The van der Waals surface area contributed by atoms with E-state index >= 15 is 0 Å². The van der Waals surface area contributed by atoms with Gasteiger partial charge in [-0.3, -0.25) is 10.1 Å². The molecule has 2 aromatic rings. The third-order valence-electron chi connectivity index (χ3n) is 4.16. The van der Waals surface area contributed by atoms with Crippen LogP contribution in [0, 0.1) is 10.1 Å². The van der Waals surface area contributed by atoms with Gasteiger partial charge in [-0.15, -0.1) is 0 Å². The molecule has 1 saturated carbocycles. The minimum Gasteiger partial charge on any atom is -0.502 e. The summed E-state index contributed by atoms with van der Waals surface area (Å²) in [5.41, 5.74) is -0.340. The number of nitrogens with zero attached hydrogens (tertiary/aromatic N) is 2. The number of hydrogen-bond donors (Lipinski definition) is 1. The predicted molar refractivity (Wildman–Crippen MR) is 82.4 cm³/mol. The van der Waals surface area contributed by atoms with Crippen LogP contribution in [0.5, 0.6) is 5.75 Å². The van der Waals surface area contributed by atoms with E-state index in [4.69, 9.17) is 4.42 Å². The maximum Gasteiger partial charge on any atom is 0.339 e. The summed E-state index contributed by atoms with van der Waals surface area (Å²) in [5.74, 6) is -0.444. The summed E-state index contributed by atoms with van der Waals surface area (Å²) in [6.07, 6.45) is 5.26. The van der Waals surface area contributed by atoms with Crippen LogP contribution in [0.25, 0.3) is 11.5 Å². The zero-order valence-electron chi connectivity index (χ0n) is 12.4. The Morgan fingerprint density at radius 1 is 1.26 bits per heavy atom. The van der Waals surface area contributed by atoms with Crippen molar-refractivity contribution < 1.29 is 14.4 Å². The number of hydrogen-bond acceptors (Lipinski definition) is 6. The van der Waals surface area contributed by atoms with Crippen molar-refractivity contribution in [3.8, 4) is 17.2 Å². The Kier molecular flexibility index (Phi) is 4.10. The van der Waals surface area contributed by atoms with Gasteiger partial charge in [0.15, 0.2) is 0 Å². The Hall–Kier alpha value is -2.70. The molecule has 7 heteroatoms. The van der Waals surface area contributed by atoms with Crippen LogP contribution in [0.4, 0.5) is 5.69 Å². The first-order valence-electron chi connectivity index (χ1n) is 7.55. The molecule has 1 N–H and O–H groups in total. The van der Waals surface area contributed by atoms with Crippen LogP contribution in [-0.4, -0.2) is 15.0 Å². The lowest BCUT2D eigenvalue weighted by atomic mass is 9.87. The zero-order chi connectivity index (χ0) is 16.4. The third kappa shape index (κ3) is 3.08. The van der Waals surface area contributed by atoms with Crippen LogP contribution in [0.3, 0.4) is 0 Å². The van der Waals surface area contributed by atoms with E-state index < -0.39 is 22.0 Å².